The van der Waals surface area contributed by atoms with Gasteiger partial charge < -0.3 is 25.0 Å². The van der Waals surface area contributed by atoms with Crippen molar-refractivity contribution in [2.24, 2.45) is 4.99 Å². The minimum absolute atomic E-state index is 0.0863. The van der Waals surface area contributed by atoms with Crippen molar-refractivity contribution in [3.63, 3.8) is 0 Å². The molecule has 2 aromatic carbocycles. The van der Waals surface area contributed by atoms with E-state index in [1.807, 2.05) is 66.7 Å². The molecule has 1 amide bonds. The third-order valence-electron chi connectivity index (χ3n) is 6.79. The van der Waals surface area contributed by atoms with Crippen LogP contribution in [0.2, 0.25) is 0 Å². The maximum absolute atomic E-state index is 13.5. The van der Waals surface area contributed by atoms with E-state index < -0.39 is 11.1 Å². The second-order valence-electron chi connectivity index (χ2n) is 9.67. The van der Waals surface area contributed by atoms with E-state index in [2.05, 4.69) is 5.32 Å². The lowest BCUT2D eigenvalue weighted by atomic mass is 9.84. The average Bonchev–Trinajstić information content (AvgIpc) is 3.34. The number of nitrogens with zero attached hydrogens (tertiary/aromatic N) is 1. The van der Waals surface area contributed by atoms with Crippen molar-refractivity contribution in [2.75, 3.05) is 26.4 Å². The number of carbonyl (C=O) groups is 1. The third kappa shape index (κ3) is 6.74. The number of aliphatic imine (C=N–C) groups is 1. The molecule has 0 spiro atoms. The second kappa shape index (κ2) is 12.2. The van der Waals surface area contributed by atoms with Crippen LogP contribution >= 0.6 is 0 Å². The summed E-state index contributed by atoms with van der Waals surface area (Å²) in [4.78, 5) is 18.3. The number of carbonyl (C=O) groups excluding carboxylic acids is 1. The lowest BCUT2D eigenvalue weighted by molar-refractivity contribution is -0.128. The fourth-order valence-electron chi connectivity index (χ4n) is 4.61. The van der Waals surface area contributed by atoms with E-state index in [-0.39, 0.29) is 25.7 Å². The average molecular weight is 493 g/mol. The molecule has 7 nitrogen and oxygen atoms in total. The summed E-state index contributed by atoms with van der Waals surface area (Å²) in [5.74, 6) is 0.871. The highest BCUT2D eigenvalue weighted by molar-refractivity contribution is 6.00. The first-order chi connectivity index (χ1) is 17.5. The number of rotatable bonds is 11. The molecule has 0 radical (unpaired) electrons. The zero-order chi connectivity index (χ0) is 25.3. The van der Waals surface area contributed by atoms with Crippen molar-refractivity contribution in [3.05, 3.63) is 71.8 Å². The molecule has 1 fully saturated rings. The summed E-state index contributed by atoms with van der Waals surface area (Å²) in [5.41, 5.74) is -0.156. The van der Waals surface area contributed by atoms with E-state index in [4.69, 9.17) is 19.6 Å². The zero-order valence-corrected chi connectivity index (χ0v) is 20.7. The molecule has 7 heteroatoms. The molecule has 192 valence electrons. The van der Waals surface area contributed by atoms with E-state index in [0.717, 1.165) is 30.4 Å². The summed E-state index contributed by atoms with van der Waals surface area (Å²) >= 11 is 0. The van der Waals surface area contributed by atoms with E-state index >= 15 is 0 Å². The Hall–Kier alpha value is -3.16. The van der Waals surface area contributed by atoms with Crippen molar-refractivity contribution in [1.29, 1.82) is 0 Å². The number of nitrogens with one attached hydrogen (secondary N) is 1. The van der Waals surface area contributed by atoms with Crippen molar-refractivity contribution >= 4 is 17.9 Å². The highest BCUT2D eigenvalue weighted by Gasteiger charge is 2.44. The maximum atomic E-state index is 13.5. The first-order valence-corrected chi connectivity index (χ1v) is 12.8. The third-order valence-corrected chi connectivity index (χ3v) is 6.79. The van der Waals surface area contributed by atoms with Crippen molar-refractivity contribution < 1.29 is 24.5 Å². The molecule has 2 aromatic rings. The SMILES string of the molecule is O=C(NCC1(O)CCCCC1)[C@@]1(C/C=C/c2ccccc2)COC(c2ccc(OCCCO)cc2)=N1. The summed E-state index contributed by atoms with van der Waals surface area (Å²) in [5, 5.41) is 22.8. The Labute approximate surface area is 212 Å². The van der Waals surface area contributed by atoms with Gasteiger partial charge in [-0.15, -0.1) is 0 Å². The lowest BCUT2D eigenvalue weighted by Crippen LogP contribution is -2.52. The van der Waals surface area contributed by atoms with E-state index in [0.29, 0.717) is 43.9 Å². The van der Waals surface area contributed by atoms with Gasteiger partial charge in [0, 0.05) is 31.6 Å². The Bertz CT molecular complexity index is 1050. The van der Waals surface area contributed by atoms with Gasteiger partial charge in [-0.25, -0.2) is 4.99 Å². The molecule has 1 heterocycles. The highest BCUT2D eigenvalue weighted by Crippen LogP contribution is 2.30. The molecule has 1 aliphatic carbocycles. The van der Waals surface area contributed by atoms with E-state index in [9.17, 15) is 9.90 Å². The standard InChI is InChI=1S/C29H36N2O5/c32-19-8-20-35-25-14-12-24(13-15-25)26-31-29(22-36-26,18-7-11-23-9-3-1-4-10-23)27(33)30-21-28(34)16-5-2-6-17-28/h1,3-4,7,9-15,32,34H,2,5-6,8,16-22H2,(H,30,33)/b11-7+/t29-/m1/s1. The van der Waals surface area contributed by atoms with Gasteiger partial charge in [-0.1, -0.05) is 61.7 Å². The van der Waals surface area contributed by atoms with Gasteiger partial charge in [0.05, 0.1) is 12.2 Å². The van der Waals surface area contributed by atoms with Gasteiger partial charge in [-0.3, -0.25) is 4.79 Å². The summed E-state index contributed by atoms with van der Waals surface area (Å²) < 4.78 is 11.6. The fraction of sp³-hybridized carbons (Fsp3) is 0.448. The predicted octanol–water partition coefficient (Wildman–Crippen LogP) is 3.88. The maximum Gasteiger partial charge on any atom is 0.252 e. The van der Waals surface area contributed by atoms with E-state index in [1.54, 1.807) is 0 Å². The van der Waals surface area contributed by atoms with Crippen LogP contribution in [0, 0.1) is 0 Å². The Morgan fingerprint density at radius 3 is 2.56 bits per heavy atom. The highest BCUT2D eigenvalue weighted by atomic mass is 16.5. The van der Waals surface area contributed by atoms with Crippen molar-refractivity contribution in [3.8, 4) is 5.75 Å². The smallest absolute Gasteiger partial charge is 0.252 e. The minimum Gasteiger partial charge on any atom is -0.494 e. The van der Waals surface area contributed by atoms with Gasteiger partial charge in [0.15, 0.2) is 5.54 Å². The quantitative estimate of drug-likeness (QED) is 0.414. The number of aliphatic hydroxyl groups is 2. The van der Waals surface area contributed by atoms with Crippen LogP contribution in [0.4, 0.5) is 0 Å². The second-order valence-corrected chi connectivity index (χ2v) is 9.67. The van der Waals surface area contributed by atoms with Crippen LogP contribution in [0.1, 0.15) is 56.1 Å². The summed E-state index contributed by atoms with van der Waals surface area (Å²) in [7, 11) is 0. The number of ether oxygens (including phenoxy) is 2. The van der Waals surface area contributed by atoms with Crippen LogP contribution in [0.25, 0.3) is 6.08 Å². The molecule has 0 unspecified atom stereocenters. The minimum atomic E-state index is -1.11. The summed E-state index contributed by atoms with van der Waals surface area (Å²) in [6.07, 6.45) is 9.35. The molecule has 1 saturated carbocycles. The Morgan fingerprint density at radius 1 is 1.08 bits per heavy atom. The summed E-state index contributed by atoms with van der Waals surface area (Å²) in [6.45, 7) is 0.876. The first-order valence-electron chi connectivity index (χ1n) is 12.8. The Morgan fingerprint density at radius 2 is 1.83 bits per heavy atom. The van der Waals surface area contributed by atoms with Gasteiger partial charge in [0.2, 0.25) is 5.90 Å². The molecule has 3 N–H and O–H groups in total. The molecule has 4 rings (SSSR count). The number of benzene rings is 2. The zero-order valence-electron chi connectivity index (χ0n) is 20.7. The molecule has 0 bridgehead atoms. The van der Waals surface area contributed by atoms with Crippen LogP contribution in [0.5, 0.6) is 5.75 Å². The topological polar surface area (TPSA) is 100 Å². The van der Waals surface area contributed by atoms with Crippen molar-refractivity contribution in [1.82, 2.24) is 5.32 Å². The molecule has 36 heavy (non-hydrogen) atoms. The molecule has 1 atom stereocenters. The number of hydrogen-bond acceptors (Lipinski definition) is 6. The van der Waals surface area contributed by atoms with E-state index in [1.165, 1.54) is 0 Å². The lowest BCUT2D eigenvalue weighted by Gasteiger charge is -2.33. The van der Waals surface area contributed by atoms with Crippen LogP contribution in [0.15, 0.2) is 65.7 Å². The largest absolute Gasteiger partial charge is 0.494 e. The van der Waals surface area contributed by atoms with Gasteiger partial charge in [0.25, 0.3) is 5.91 Å². The number of hydrogen-bond donors (Lipinski definition) is 3. The summed E-state index contributed by atoms with van der Waals surface area (Å²) in [6, 6.07) is 17.3. The molecular formula is C29H36N2O5. The van der Waals surface area contributed by atoms with Gasteiger partial charge in [0.1, 0.15) is 12.4 Å². The first kappa shape index (κ1) is 25.9. The molecule has 2 aliphatic rings. The molecule has 1 aliphatic heterocycles. The van der Waals surface area contributed by atoms with Crippen molar-refractivity contribution in [2.45, 2.75) is 56.1 Å². The van der Waals surface area contributed by atoms with Gasteiger partial charge >= 0.3 is 0 Å². The van der Waals surface area contributed by atoms with Crippen LogP contribution < -0.4 is 10.1 Å². The molecule has 0 saturated heterocycles. The molecular weight excluding hydrogens is 456 g/mol. The molecule has 0 aromatic heterocycles. The Kier molecular flexibility index (Phi) is 8.78. The van der Waals surface area contributed by atoms with Crippen LogP contribution in [-0.4, -0.2) is 59.5 Å². The number of amides is 1. The fourth-order valence-corrected chi connectivity index (χ4v) is 4.61. The monoisotopic (exact) mass is 492 g/mol. The number of aliphatic hydroxyl groups excluding tert-OH is 1. The van der Waals surface area contributed by atoms with Crippen LogP contribution in [-0.2, 0) is 9.53 Å². The van der Waals surface area contributed by atoms with Gasteiger partial charge in [-0.2, -0.15) is 0 Å². The van der Waals surface area contributed by atoms with Crippen LogP contribution in [0.3, 0.4) is 0 Å². The Balaban J connectivity index is 1.50. The van der Waals surface area contributed by atoms with Gasteiger partial charge in [-0.05, 0) is 42.7 Å². The predicted molar refractivity (Wildman–Crippen MR) is 140 cm³/mol. The normalized spacial score (nSPS) is 21.1.